The van der Waals surface area contributed by atoms with Crippen molar-refractivity contribution in [1.29, 1.82) is 10.5 Å². The van der Waals surface area contributed by atoms with Crippen LogP contribution in [0.25, 0.3) is 10.8 Å². The van der Waals surface area contributed by atoms with Crippen molar-refractivity contribution in [2.45, 2.75) is 12.3 Å². The van der Waals surface area contributed by atoms with Crippen LogP contribution in [0.5, 0.6) is 0 Å². The molecule has 1 atom stereocenters. The largest absolute Gasteiger partial charge is 0.197 e. The Hall–Kier alpha value is -2.58. The van der Waals surface area contributed by atoms with Crippen molar-refractivity contribution in [3.63, 3.8) is 0 Å². The lowest BCUT2D eigenvalue weighted by Crippen LogP contribution is -2.20. The van der Waals surface area contributed by atoms with Crippen LogP contribution in [0.1, 0.15) is 17.9 Å². The van der Waals surface area contributed by atoms with E-state index in [1.165, 1.54) is 5.39 Å². The average molecular weight is 244 g/mol. The lowest BCUT2D eigenvalue weighted by atomic mass is 9.76. The van der Waals surface area contributed by atoms with Gasteiger partial charge in [0.25, 0.3) is 0 Å². The van der Waals surface area contributed by atoms with E-state index in [1.54, 1.807) is 0 Å². The zero-order chi connectivity index (χ0) is 13.3. The Morgan fingerprint density at radius 1 is 1.00 bits per heavy atom. The molecule has 19 heavy (non-hydrogen) atoms. The molecule has 0 bridgehead atoms. The highest BCUT2D eigenvalue weighted by molar-refractivity contribution is 5.83. The fourth-order valence-electron chi connectivity index (χ4n) is 2.73. The maximum Gasteiger partial charge on any atom is 0.157 e. The van der Waals surface area contributed by atoms with E-state index in [-0.39, 0.29) is 5.92 Å². The number of hydrogen-bond acceptors (Lipinski definition) is 2. The van der Waals surface area contributed by atoms with E-state index in [0.717, 1.165) is 10.9 Å². The summed E-state index contributed by atoms with van der Waals surface area (Å²) in [5, 5.41) is 21.0. The fraction of sp³-hybridized carbons (Fsp3) is 0.176. The van der Waals surface area contributed by atoms with E-state index in [9.17, 15) is 10.5 Å². The molecule has 3 rings (SSSR count). The summed E-state index contributed by atoms with van der Waals surface area (Å²) in [4.78, 5) is 0. The summed E-state index contributed by atoms with van der Waals surface area (Å²) in [5.41, 5.74) is 0.0955. The third kappa shape index (κ3) is 1.70. The van der Waals surface area contributed by atoms with Crippen LogP contribution in [-0.2, 0) is 0 Å². The summed E-state index contributed by atoms with van der Waals surface area (Å²) in [7, 11) is 0. The first-order valence-corrected chi connectivity index (χ1v) is 6.27. The Labute approximate surface area is 112 Å². The molecule has 90 valence electrons. The second-order valence-electron chi connectivity index (χ2n) is 4.91. The maximum absolute atomic E-state index is 9.35. The number of fused-ring (bicyclic) bond motifs is 1. The molecule has 1 aliphatic carbocycles. The van der Waals surface area contributed by atoms with Crippen molar-refractivity contribution in [1.82, 2.24) is 0 Å². The van der Waals surface area contributed by atoms with Gasteiger partial charge in [-0.3, -0.25) is 0 Å². The highest BCUT2D eigenvalue weighted by Gasteiger charge is 2.41. The van der Waals surface area contributed by atoms with Crippen LogP contribution < -0.4 is 0 Å². The van der Waals surface area contributed by atoms with Crippen molar-refractivity contribution in [3.8, 4) is 12.1 Å². The van der Waals surface area contributed by atoms with Crippen molar-refractivity contribution in [3.05, 3.63) is 60.2 Å². The molecule has 0 fully saturated rings. The van der Waals surface area contributed by atoms with Crippen LogP contribution in [0.15, 0.2) is 54.6 Å². The number of nitrogens with zero attached hydrogens (tertiary/aromatic N) is 2. The quantitative estimate of drug-likeness (QED) is 0.714. The van der Waals surface area contributed by atoms with Gasteiger partial charge in [0, 0.05) is 5.92 Å². The van der Waals surface area contributed by atoms with Gasteiger partial charge < -0.3 is 0 Å². The SMILES string of the molecule is N#CC1(C#N)CC=CC1c1ccc2ccccc2c1. The first kappa shape index (κ1) is 11.5. The van der Waals surface area contributed by atoms with E-state index in [0.29, 0.717) is 6.42 Å². The third-order valence-electron chi connectivity index (χ3n) is 3.83. The van der Waals surface area contributed by atoms with Crippen LogP contribution in [0, 0.1) is 28.1 Å². The van der Waals surface area contributed by atoms with E-state index in [1.807, 2.05) is 30.4 Å². The van der Waals surface area contributed by atoms with Crippen molar-refractivity contribution in [2.75, 3.05) is 0 Å². The van der Waals surface area contributed by atoms with E-state index < -0.39 is 5.41 Å². The number of rotatable bonds is 1. The van der Waals surface area contributed by atoms with Gasteiger partial charge in [0.1, 0.15) is 0 Å². The molecule has 0 spiro atoms. The van der Waals surface area contributed by atoms with Gasteiger partial charge in [0.2, 0.25) is 0 Å². The zero-order valence-corrected chi connectivity index (χ0v) is 10.4. The van der Waals surface area contributed by atoms with Gasteiger partial charge in [0.05, 0.1) is 12.1 Å². The molecule has 2 aromatic carbocycles. The fourth-order valence-corrected chi connectivity index (χ4v) is 2.73. The van der Waals surface area contributed by atoms with Gasteiger partial charge in [-0.2, -0.15) is 10.5 Å². The van der Waals surface area contributed by atoms with E-state index in [4.69, 9.17) is 0 Å². The first-order valence-electron chi connectivity index (χ1n) is 6.27. The van der Waals surface area contributed by atoms with Gasteiger partial charge in [-0.05, 0) is 22.8 Å². The van der Waals surface area contributed by atoms with Crippen molar-refractivity contribution >= 4 is 10.8 Å². The number of allylic oxidation sites excluding steroid dienone is 2. The summed E-state index contributed by atoms with van der Waals surface area (Å²) in [6.45, 7) is 0. The zero-order valence-electron chi connectivity index (χ0n) is 10.4. The molecule has 2 aromatic rings. The summed E-state index contributed by atoms with van der Waals surface area (Å²) in [6, 6.07) is 18.7. The highest BCUT2D eigenvalue weighted by atomic mass is 14.5. The molecule has 0 aliphatic heterocycles. The summed E-state index contributed by atoms with van der Waals surface area (Å²) >= 11 is 0. The standard InChI is InChI=1S/C17H12N2/c18-11-17(12-19)9-3-6-16(17)15-8-7-13-4-1-2-5-14(13)10-15/h1-8,10,16H,9H2. The third-order valence-corrected chi connectivity index (χ3v) is 3.83. The molecule has 2 nitrogen and oxygen atoms in total. The first-order chi connectivity index (χ1) is 9.29. The van der Waals surface area contributed by atoms with Crippen LogP contribution in [0.3, 0.4) is 0 Å². The lowest BCUT2D eigenvalue weighted by Gasteiger charge is -2.21. The minimum absolute atomic E-state index is 0.132. The van der Waals surface area contributed by atoms with E-state index in [2.05, 4.69) is 36.4 Å². The molecular weight excluding hydrogens is 232 g/mol. The predicted molar refractivity (Wildman–Crippen MR) is 74.1 cm³/mol. The van der Waals surface area contributed by atoms with Gasteiger partial charge in [-0.25, -0.2) is 0 Å². The molecule has 0 amide bonds. The molecule has 0 N–H and O–H groups in total. The topological polar surface area (TPSA) is 47.6 Å². The van der Waals surface area contributed by atoms with Crippen LogP contribution in [-0.4, -0.2) is 0 Å². The Morgan fingerprint density at radius 3 is 2.47 bits per heavy atom. The lowest BCUT2D eigenvalue weighted by molar-refractivity contribution is 0.504. The Morgan fingerprint density at radius 2 is 1.74 bits per heavy atom. The number of hydrogen-bond donors (Lipinski definition) is 0. The Kier molecular flexibility index (Phi) is 2.58. The maximum atomic E-state index is 9.35. The number of nitriles is 2. The molecule has 0 saturated heterocycles. The van der Waals surface area contributed by atoms with Crippen LogP contribution >= 0.6 is 0 Å². The monoisotopic (exact) mass is 244 g/mol. The Balaban J connectivity index is 2.12. The summed E-state index contributed by atoms with van der Waals surface area (Å²) < 4.78 is 0. The average Bonchev–Trinajstić information content (AvgIpc) is 2.91. The van der Waals surface area contributed by atoms with Gasteiger partial charge in [-0.1, -0.05) is 54.6 Å². The number of benzene rings is 2. The molecule has 1 unspecified atom stereocenters. The summed E-state index contributed by atoms with van der Waals surface area (Å²) in [5.74, 6) is -0.132. The Bertz CT molecular complexity index is 730. The molecule has 0 heterocycles. The summed E-state index contributed by atoms with van der Waals surface area (Å²) in [6.07, 6.45) is 4.43. The molecule has 0 radical (unpaired) electrons. The second kappa shape index (κ2) is 4.26. The normalized spacial score (nSPS) is 20.0. The highest BCUT2D eigenvalue weighted by Crippen LogP contribution is 2.44. The van der Waals surface area contributed by atoms with Gasteiger partial charge in [0.15, 0.2) is 5.41 Å². The minimum atomic E-state index is -0.942. The van der Waals surface area contributed by atoms with Crippen LogP contribution in [0.2, 0.25) is 0 Å². The molecule has 0 aromatic heterocycles. The molecule has 1 aliphatic rings. The van der Waals surface area contributed by atoms with Gasteiger partial charge in [-0.15, -0.1) is 0 Å². The smallest absolute Gasteiger partial charge is 0.157 e. The molecular formula is C17H12N2. The second-order valence-corrected chi connectivity index (χ2v) is 4.91. The van der Waals surface area contributed by atoms with Gasteiger partial charge >= 0.3 is 0 Å². The van der Waals surface area contributed by atoms with Crippen molar-refractivity contribution in [2.24, 2.45) is 5.41 Å². The van der Waals surface area contributed by atoms with E-state index >= 15 is 0 Å². The minimum Gasteiger partial charge on any atom is -0.197 e. The van der Waals surface area contributed by atoms with Crippen molar-refractivity contribution < 1.29 is 0 Å². The molecule has 2 heteroatoms. The molecule has 0 saturated carbocycles. The predicted octanol–water partition coefficient (Wildman–Crippen LogP) is 3.92. The van der Waals surface area contributed by atoms with Crippen LogP contribution in [0.4, 0.5) is 0 Å².